The van der Waals surface area contributed by atoms with E-state index in [4.69, 9.17) is 5.11 Å². The van der Waals surface area contributed by atoms with Crippen LogP contribution in [0.4, 0.5) is 8.78 Å². The number of hydrogen-bond acceptors (Lipinski definition) is 3. The van der Waals surface area contributed by atoms with Gasteiger partial charge in [-0.05, 0) is 17.5 Å². The molecule has 2 rings (SSSR count). The fraction of sp³-hybridized carbons (Fsp3) is 0.600. The van der Waals surface area contributed by atoms with E-state index >= 15 is 0 Å². The van der Waals surface area contributed by atoms with Crippen molar-refractivity contribution in [1.82, 2.24) is 10.2 Å². The Kier molecular flexibility index (Phi) is 5.07. The Hall–Kier alpha value is -1.04. The van der Waals surface area contributed by atoms with Crippen LogP contribution in [-0.2, 0) is 6.42 Å². The number of nitrogens with one attached hydrogen (secondary N) is 1. The molecule has 1 heterocycles. The maximum absolute atomic E-state index is 14.2. The molecule has 1 aromatic rings. The van der Waals surface area contributed by atoms with Crippen molar-refractivity contribution in [2.24, 2.45) is 0 Å². The molecule has 0 unspecified atom stereocenters. The van der Waals surface area contributed by atoms with Gasteiger partial charge in [-0.1, -0.05) is 31.2 Å². The Bertz CT molecular complexity index is 416. The molecule has 1 atom stereocenters. The first-order valence-electron chi connectivity index (χ1n) is 7.10. The monoisotopic (exact) mass is 284 g/mol. The number of halogens is 2. The maximum Gasteiger partial charge on any atom is 0.289 e. The molecule has 0 radical (unpaired) electrons. The van der Waals surface area contributed by atoms with E-state index in [-0.39, 0.29) is 0 Å². The van der Waals surface area contributed by atoms with Crippen LogP contribution < -0.4 is 5.32 Å². The second-order valence-electron chi connectivity index (χ2n) is 5.20. The normalized spacial score (nSPS) is 19.0. The minimum atomic E-state index is -3.13. The maximum atomic E-state index is 14.2. The average molecular weight is 284 g/mol. The molecule has 5 heteroatoms. The van der Waals surface area contributed by atoms with Gasteiger partial charge in [0, 0.05) is 26.2 Å². The van der Waals surface area contributed by atoms with Crippen LogP contribution in [0.25, 0.3) is 0 Å². The van der Waals surface area contributed by atoms with Crippen LogP contribution in [0.1, 0.15) is 24.1 Å². The van der Waals surface area contributed by atoms with Gasteiger partial charge in [0.25, 0.3) is 5.92 Å². The molecule has 1 aliphatic heterocycles. The van der Waals surface area contributed by atoms with Crippen molar-refractivity contribution in [3.63, 3.8) is 0 Å². The second-order valence-corrected chi connectivity index (χ2v) is 5.20. The van der Waals surface area contributed by atoms with Crippen molar-refractivity contribution < 1.29 is 13.9 Å². The van der Waals surface area contributed by atoms with E-state index in [2.05, 4.69) is 5.32 Å². The van der Waals surface area contributed by atoms with Gasteiger partial charge in [0.05, 0.1) is 0 Å². The first-order chi connectivity index (χ1) is 9.58. The third-order valence-electron chi connectivity index (χ3n) is 3.83. The third kappa shape index (κ3) is 3.34. The van der Waals surface area contributed by atoms with Gasteiger partial charge < -0.3 is 10.4 Å². The molecule has 1 fully saturated rings. The van der Waals surface area contributed by atoms with Crippen molar-refractivity contribution in [2.45, 2.75) is 25.3 Å². The highest BCUT2D eigenvalue weighted by Crippen LogP contribution is 2.36. The summed E-state index contributed by atoms with van der Waals surface area (Å²) in [6, 6.07) is 6.24. The minimum Gasteiger partial charge on any atom is -0.390 e. The van der Waals surface area contributed by atoms with Crippen molar-refractivity contribution in [1.29, 1.82) is 0 Å². The molecule has 0 spiro atoms. The Morgan fingerprint density at radius 3 is 2.35 bits per heavy atom. The van der Waals surface area contributed by atoms with E-state index in [9.17, 15) is 8.78 Å². The molecule has 0 amide bonds. The molecule has 0 aromatic heterocycles. The molecule has 0 bridgehead atoms. The van der Waals surface area contributed by atoms with E-state index in [0.29, 0.717) is 31.7 Å². The number of aryl methyl sites for hydroxylation is 1. The zero-order valence-corrected chi connectivity index (χ0v) is 11.8. The fourth-order valence-electron chi connectivity index (χ4n) is 2.68. The van der Waals surface area contributed by atoms with Gasteiger partial charge in [-0.15, -0.1) is 0 Å². The van der Waals surface area contributed by atoms with Gasteiger partial charge in [-0.3, -0.25) is 4.90 Å². The topological polar surface area (TPSA) is 35.5 Å². The number of benzene rings is 1. The number of rotatable bonds is 5. The zero-order valence-electron chi connectivity index (χ0n) is 11.8. The molecule has 1 aliphatic rings. The van der Waals surface area contributed by atoms with E-state index < -0.39 is 18.6 Å². The highest BCUT2D eigenvalue weighted by atomic mass is 19.3. The summed E-state index contributed by atoms with van der Waals surface area (Å²) in [6.07, 6.45) is 0.884. The number of alkyl halides is 2. The number of aliphatic hydroxyl groups excluding tert-OH is 1. The SMILES string of the molecule is CCc1ccc([C@H](N2CCNCC2)C(F)(F)CO)cc1. The van der Waals surface area contributed by atoms with Gasteiger partial charge in [0.1, 0.15) is 12.6 Å². The van der Waals surface area contributed by atoms with Crippen LogP contribution in [0.2, 0.25) is 0 Å². The number of aliphatic hydroxyl groups is 1. The smallest absolute Gasteiger partial charge is 0.289 e. The lowest BCUT2D eigenvalue weighted by molar-refractivity contribution is -0.118. The van der Waals surface area contributed by atoms with Crippen LogP contribution in [-0.4, -0.2) is 48.7 Å². The average Bonchev–Trinajstić information content (AvgIpc) is 2.49. The predicted octanol–water partition coefficient (Wildman–Crippen LogP) is 1.82. The largest absolute Gasteiger partial charge is 0.390 e. The summed E-state index contributed by atoms with van der Waals surface area (Å²) in [7, 11) is 0. The van der Waals surface area contributed by atoms with Gasteiger partial charge >= 0.3 is 0 Å². The third-order valence-corrected chi connectivity index (χ3v) is 3.83. The van der Waals surface area contributed by atoms with Crippen molar-refractivity contribution in [3.8, 4) is 0 Å². The van der Waals surface area contributed by atoms with Gasteiger partial charge in [0.15, 0.2) is 0 Å². The van der Waals surface area contributed by atoms with Crippen LogP contribution in [0.15, 0.2) is 24.3 Å². The van der Waals surface area contributed by atoms with Gasteiger partial charge in [0.2, 0.25) is 0 Å². The van der Waals surface area contributed by atoms with Crippen molar-refractivity contribution in [3.05, 3.63) is 35.4 Å². The molecule has 0 aliphatic carbocycles. The quantitative estimate of drug-likeness (QED) is 0.866. The van der Waals surface area contributed by atoms with Crippen LogP contribution in [0, 0.1) is 0 Å². The molecule has 112 valence electrons. The molecular weight excluding hydrogens is 262 g/mol. The summed E-state index contributed by atoms with van der Waals surface area (Å²) >= 11 is 0. The summed E-state index contributed by atoms with van der Waals surface area (Å²) in [5, 5.41) is 12.2. The lowest BCUT2D eigenvalue weighted by Gasteiger charge is -2.38. The first-order valence-corrected chi connectivity index (χ1v) is 7.10. The highest BCUT2D eigenvalue weighted by molar-refractivity contribution is 5.27. The molecule has 3 nitrogen and oxygen atoms in total. The Morgan fingerprint density at radius 1 is 1.25 bits per heavy atom. The van der Waals surface area contributed by atoms with E-state index in [1.807, 2.05) is 19.1 Å². The number of hydrogen-bond donors (Lipinski definition) is 2. The van der Waals surface area contributed by atoms with Crippen LogP contribution >= 0.6 is 0 Å². The molecule has 1 aromatic carbocycles. The first kappa shape index (κ1) is 15.4. The second kappa shape index (κ2) is 6.61. The van der Waals surface area contributed by atoms with Crippen molar-refractivity contribution in [2.75, 3.05) is 32.8 Å². The number of nitrogens with zero attached hydrogens (tertiary/aromatic N) is 1. The highest BCUT2D eigenvalue weighted by Gasteiger charge is 2.43. The van der Waals surface area contributed by atoms with E-state index in [1.165, 1.54) is 0 Å². The van der Waals surface area contributed by atoms with Crippen LogP contribution in [0.5, 0.6) is 0 Å². The Labute approximate surface area is 118 Å². The summed E-state index contributed by atoms with van der Waals surface area (Å²) in [4.78, 5) is 1.76. The summed E-state index contributed by atoms with van der Waals surface area (Å²) in [6.45, 7) is 3.43. The van der Waals surface area contributed by atoms with E-state index in [1.54, 1.807) is 17.0 Å². The zero-order chi connectivity index (χ0) is 14.6. The van der Waals surface area contributed by atoms with Gasteiger partial charge in [-0.25, -0.2) is 8.78 Å². The molecular formula is C15H22F2N2O. The Balaban J connectivity index is 2.29. The predicted molar refractivity (Wildman–Crippen MR) is 75.0 cm³/mol. The van der Waals surface area contributed by atoms with E-state index in [0.717, 1.165) is 12.0 Å². The lowest BCUT2D eigenvalue weighted by Crippen LogP contribution is -2.51. The van der Waals surface area contributed by atoms with Crippen LogP contribution in [0.3, 0.4) is 0 Å². The molecule has 1 saturated heterocycles. The minimum absolute atomic E-state index is 0.565. The number of piperazine rings is 1. The molecule has 2 N–H and O–H groups in total. The summed E-state index contributed by atoms with van der Waals surface area (Å²) in [5.74, 6) is -3.13. The lowest BCUT2D eigenvalue weighted by atomic mass is 9.97. The van der Waals surface area contributed by atoms with Gasteiger partial charge in [-0.2, -0.15) is 0 Å². The summed E-state index contributed by atoms with van der Waals surface area (Å²) in [5.41, 5.74) is 1.70. The Morgan fingerprint density at radius 2 is 1.85 bits per heavy atom. The fourth-order valence-corrected chi connectivity index (χ4v) is 2.68. The van der Waals surface area contributed by atoms with Crippen molar-refractivity contribution >= 4 is 0 Å². The molecule has 0 saturated carbocycles. The standard InChI is InChI=1S/C15H22F2N2O/c1-2-12-3-5-13(6-4-12)14(15(16,17)11-20)19-9-7-18-8-10-19/h3-6,14,18,20H,2,7-11H2,1H3/t14-/m0/s1. The molecule has 20 heavy (non-hydrogen) atoms. The summed E-state index contributed by atoms with van der Waals surface area (Å²) < 4.78 is 28.3.